The molecular weight excluding hydrogens is 104 g/mol. The van der Waals surface area contributed by atoms with E-state index in [-0.39, 0.29) is 0 Å². The molecule has 0 radical (unpaired) electrons. The first-order chi connectivity index (χ1) is 2.56. The molecule has 4 heteroatoms. The highest BCUT2D eigenvalue weighted by Gasteiger charge is 1.69. The minimum absolute atomic E-state index is 1.06. The molecule has 0 amide bonds. The largest absolute Gasteiger partial charge is 0.757 e. The second-order valence-electron chi connectivity index (χ2n) is 0.724. The van der Waals surface area contributed by atoms with Crippen LogP contribution in [0.4, 0.5) is 0 Å². The van der Waals surface area contributed by atoms with E-state index in [0.29, 0.717) is 0 Å². The molecule has 0 aliphatic carbocycles. The van der Waals surface area contributed by atoms with Gasteiger partial charge in [-0.3, -0.25) is 4.21 Å². The number of hydrogen-bond acceptors (Lipinski definition) is 3. The molecule has 1 unspecified atom stereocenters. The third-order valence-corrected chi connectivity index (χ3v) is 0.762. The van der Waals surface area contributed by atoms with Gasteiger partial charge in [0.1, 0.15) is 0 Å². The van der Waals surface area contributed by atoms with E-state index in [0.717, 1.165) is 7.11 Å². The Labute approximate surface area is 37.0 Å². The highest BCUT2D eigenvalue weighted by atomic mass is 32.2. The van der Waals surface area contributed by atoms with Gasteiger partial charge < -0.3 is 8.74 Å². The van der Waals surface area contributed by atoms with Crippen LogP contribution in [0.15, 0.2) is 0 Å². The normalized spacial score (nSPS) is 19.7. The molecule has 0 aromatic rings. The highest BCUT2D eigenvalue weighted by Crippen LogP contribution is 1.74. The van der Waals surface area contributed by atoms with E-state index in [4.69, 9.17) is 0 Å². The second kappa shape index (κ2) is 1.59. The molecule has 0 aromatic heterocycles. The van der Waals surface area contributed by atoms with Crippen LogP contribution in [0.2, 0.25) is 0 Å². The summed E-state index contributed by atoms with van der Waals surface area (Å²) < 4.78 is 23.1. The van der Waals surface area contributed by atoms with Crippen molar-refractivity contribution in [1.29, 1.82) is 0 Å². The molecule has 6 heavy (non-hydrogen) atoms. The standard InChI is InChI=1S/C2H6O3S/c1-5-6(2,3)4/h2H2,1H3,(H,3,4)/p-1. The number of hydrogen-bond donors (Lipinski definition) is 0. The average molecular weight is 109 g/mol. The first-order valence-electron chi connectivity index (χ1n) is 1.20. The lowest BCUT2D eigenvalue weighted by atomic mass is 11.8. The van der Waals surface area contributed by atoms with Crippen molar-refractivity contribution >= 4 is 16.0 Å². The van der Waals surface area contributed by atoms with Crippen LogP contribution in [0.25, 0.3) is 0 Å². The third-order valence-electron chi connectivity index (χ3n) is 0.254. The van der Waals surface area contributed by atoms with Crippen LogP contribution in [0.5, 0.6) is 0 Å². The Kier molecular flexibility index (Phi) is 1.58. The minimum atomic E-state index is -3.41. The molecule has 0 fully saturated rings. The van der Waals surface area contributed by atoms with Gasteiger partial charge in [0.05, 0.1) is 7.11 Å². The molecule has 0 aliphatic rings. The summed E-state index contributed by atoms with van der Waals surface area (Å²) >= 11 is 0. The van der Waals surface area contributed by atoms with Gasteiger partial charge in [0, 0.05) is 10.1 Å². The minimum Gasteiger partial charge on any atom is -0.757 e. The fourth-order valence-electron chi connectivity index (χ4n) is 0. The van der Waals surface area contributed by atoms with E-state index in [9.17, 15) is 8.76 Å². The second-order valence-corrected chi connectivity index (χ2v) is 2.17. The third kappa shape index (κ3) is 3.94. The zero-order chi connectivity index (χ0) is 5.21. The van der Waals surface area contributed by atoms with Gasteiger partial charge in [-0.25, -0.2) is 0 Å². The van der Waals surface area contributed by atoms with Gasteiger partial charge in [-0.15, -0.1) is 0 Å². The van der Waals surface area contributed by atoms with Gasteiger partial charge in [0.15, 0.2) is 0 Å². The first-order valence-corrected chi connectivity index (χ1v) is 2.77. The molecule has 0 spiro atoms. The average Bonchev–Trinajstić information content (AvgIpc) is 1.35. The SMILES string of the molecule is C=S(=O)([O-])OC. The lowest BCUT2D eigenvalue weighted by molar-refractivity contribution is 0.363. The Balaban J connectivity index is 3.85. The van der Waals surface area contributed by atoms with Crippen molar-refractivity contribution in [3.8, 4) is 0 Å². The molecule has 0 N–H and O–H groups in total. The maximum absolute atomic E-state index is 9.67. The molecule has 0 heterocycles. The Morgan fingerprint density at radius 2 is 2.17 bits per heavy atom. The zero-order valence-corrected chi connectivity index (χ0v) is 4.16. The molecule has 0 bridgehead atoms. The van der Waals surface area contributed by atoms with Crippen molar-refractivity contribution < 1.29 is 12.9 Å². The van der Waals surface area contributed by atoms with E-state index in [2.05, 4.69) is 10.1 Å². The summed E-state index contributed by atoms with van der Waals surface area (Å²) in [4.78, 5) is 0. The van der Waals surface area contributed by atoms with E-state index in [1.165, 1.54) is 0 Å². The van der Waals surface area contributed by atoms with E-state index in [1.807, 2.05) is 0 Å². The van der Waals surface area contributed by atoms with E-state index < -0.39 is 10.1 Å². The van der Waals surface area contributed by atoms with Crippen molar-refractivity contribution in [3.05, 3.63) is 0 Å². The van der Waals surface area contributed by atoms with Gasteiger partial charge in [0.2, 0.25) is 0 Å². The summed E-state index contributed by atoms with van der Waals surface area (Å²) in [6.07, 6.45) is 0. The Morgan fingerprint density at radius 1 is 2.00 bits per heavy atom. The van der Waals surface area contributed by atoms with Crippen LogP contribution in [0.1, 0.15) is 0 Å². The van der Waals surface area contributed by atoms with Gasteiger partial charge in [-0.1, -0.05) is 0 Å². The van der Waals surface area contributed by atoms with Crippen LogP contribution >= 0.6 is 0 Å². The predicted molar refractivity (Wildman–Crippen MR) is 23.0 cm³/mol. The lowest BCUT2D eigenvalue weighted by Gasteiger charge is -2.06. The summed E-state index contributed by atoms with van der Waals surface area (Å²) in [6.45, 7) is 0. The zero-order valence-electron chi connectivity index (χ0n) is 3.34. The van der Waals surface area contributed by atoms with Crippen molar-refractivity contribution in [2.45, 2.75) is 0 Å². The quantitative estimate of drug-likeness (QED) is 0.422. The summed E-state index contributed by atoms with van der Waals surface area (Å²) in [5, 5.41) is 0. The highest BCUT2D eigenvalue weighted by molar-refractivity contribution is 7.90. The van der Waals surface area contributed by atoms with Gasteiger partial charge >= 0.3 is 0 Å². The fraction of sp³-hybridized carbons (Fsp3) is 0.500. The summed E-state index contributed by atoms with van der Waals surface area (Å²) in [5.74, 6) is 2.64. The van der Waals surface area contributed by atoms with Crippen molar-refractivity contribution in [2.24, 2.45) is 0 Å². The van der Waals surface area contributed by atoms with E-state index in [1.54, 1.807) is 0 Å². The maximum Gasteiger partial charge on any atom is 0.0512 e. The molecule has 0 saturated carbocycles. The maximum atomic E-state index is 9.67. The topological polar surface area (TPSA) is 49.4 Å². The molecule has 0 saturated heterocycles. The monoisotopic (exact) mass is 109 g/mol. The van der Waals surface area contributed by atoms with Gasteiger partial charge in [0.25, 0.3) is 0 Å². The van der Waals surface area contributed by atoms with Gasteiger partial charge in [-0.2, -0.15) is 0 Å². The molecule has 0 rings (SSSR count). The molecule has 0 aliphatic heterocycles. The lowest BCUT2D eigenvalue weighted by Crippen LogP contribution is -1.97. The summed E-state index contributed by atoms with van der Waals surface area (Å²) in [6, 6.07) is 0. The Bertz CT molecular complexity index is 111. The van der Waals surface area contributed by atoms with Crippen LogP contribution in [-0.4, -0.2) is 21.7 Å². The van der Waals surface area contributed by atoms with Crippen molar-refractivity contribution in [2.75, 3.05) is 7.11 Å². The Morgan fingerprint density at radius 3 is 2.17 bits per heavy atom. The molecule has 38 valence electrons. The van der Waals surface area contributed by atoms with Crippen LogP contribution in [-0.2, 0) is 14.3 Å². The predicted octanol–water partition coefficient (Wildman–Crippen LogP) is -0.605. The molecule has 0 aromatic carbocycles. The Hall–Kier alpha value is -0.0600. The molecule has 1 atom stereocenters. The fourth-order valence-corrected chi connectivity index (χ4v) is 0. The van der Waals surface area contributed by atoms with Crippen LogP contribution in [0, 0.1) is 0 Å². The number of rotatable bonds is 1. The molecule has 3 nitrogen and oxygen atoms in total. The summed E-state index contributed by atoms with van der Waals surface area (Å²) in [7, 11) is -2.35. The van der Waals surface area contributed by atoms with Crippen LogP contribution in [0.3, 0.4) is 0 Å². The van der Waals surface area contributed by atoms with Gasteiger partial charge in [-0.05, 0) is 5.87 Å². The summed E-state index contributed by atoms with van der Waals surface area (Å²) in [5.41, 5.74) is 0. The first kappa shape index (κ1) is 5.94. The smallest absolute Gasteiger partial charge is 0.0512 e. The molecular formula is C2H5O3S-. The van der Waals surface area contributed by atoms with Crippen LogP contribution < -0.4 is 0 Å². The van der Waals surface area contributed by atoms with Crippen molar-refractivity contribution in [1.82, 2.24) is 0 Å². The van der Waals surface area contributed by atoms with E-state index >= 15 is 0 Å². The van der Waals surface area contributed by atoms with Crippen molar-refractivity contribution in [3.63, 3.8) is 0 Å².